The van der Waals surface area contributed by atoms with Crippen LogP contribution >= 0.6 is 0 Å². The molecule has 1 N–H and O–H groups in total. The summed E-state index contributed by atoms with van der Waals surface area (Å²) in [5.74, 6) is 0.477. The highest BCUT2D eigenvalue weighted by molar-refractivity contribution is 7.89. The largest absolute Gasteiger partial charge is 0.383 e. The number of nitrogens with one attached hydrogen (secondary N) is 1. The molecule has 0 bridgehead atoms. The minimum Gasteiger partial charge on any atom is -0.383 e. The number of piperidine rings is 1. The predicted octanol–water partition coefficient (Wildman–Crippen LogP) is 1.48. The van der Waals surface area contributed by atoms with E-state index in [-0.39, 0.29) is 17.3 Å². The zero-order valence-corrected chi connectivity index (χ0v) is 14.4. The van der Waals surface area contributed by atoms with Crippen molar-refractivity contribution in [2.24, 2.45) is 5.92 Å². The summed E-state index contributed by atoms with van der Waals surface area (Å²) in [7, 11) is -2.05. The summed E-state index contributed by atoms with van der Waals surface area (Å²) < 4.78 is 31.4. The molecule has 0 saturated carbocycles. The zero-order chi connectivity index (χ0) is 16.9. The molecule has 6 nitrogen and oxygen atoms in total. The van der Waals surface area contributed by atoms with Gasteiger partial charge in [-0.3, -0.25) is 4.79 Å². The minimum atomic E-state index is -3.56. The number of methoxy groups -OCH3 is 1. The Morgan fingerprint density at radius 2 is 2.04 bits per heavy atom. The van der Waals surface area contributed by atoms with Gasteiger partial charge in [0.15, 0.2) is 0 Å². The fourth-order valence-corrected chi connectivity index (χ4v) is 3.71. The SMILES string of the molecule is COCCNS(=O)(=O)c1ccc(C(=O)N2CCC[C@H](C)C2)cc1. The van der Waals surface area contributed by atoms with Crippen molar-refractivity contribution in [3.8, 4) is 0 Å². The van der Waals surface area contributed by atoms with E-state index in [4.69, 9.17) is 4.74 Å². The lowest BCUT2D eigenvalue weighted by Crippen LogP contribution is -2.39. The third-order valence-electron chi connectivity index (χ3n) is 3.95. The molecule has 1 amide bonds. The Hall–Kier alpha value is -1.44. The highest BCUT2D eigenvalue weighted by Gasteiger charge is 2.22. The Bertz CT molecular complexity index is 628. The molecule has 0 radical (unpaired) electrons. The van der Waals surface area contributed by atoms with Gasteiger partial charge >= 0.3 is 0 Å². The second-order valence-corrected chi connectivity index (χ2v) is 7.68. The Kier molecular flexibility index (Phi) is 6.15. The first kappa shape index (κ1) is 17.9. The second-order valence-electron chi connectivity index (χ2n) is 5.91. The van der Waals surface area contributed by atoms with Crippen LogP contribution in [-0.2, 0) is 14.8 Å². The zero-order valence-electron chi connectivity index (χ0n) is 13.6. The van der Waals surface area contributed by atoms with Crippen LogP contribution in [0.4, 0.5) is 0 Å². The van der Waals surface area contributed by atoms with Gasteiger partial charge in [-0.2, -0.15) is 0 Å². The fraction of sp³-hybridized carbons (Fsp3) is 0.562. The highest BCUT2D eigenvalue weighted by Crippen LogP contribution is 2.19. The van der Waals surface area contributed by atoms with E-state index in [0.717, 1.165) is 25.9 Å². The number of hydrogen-bond donors (Lipinski definition) is 1. The molecule has 0 aliphatic carbocycles. The Morgan fingerprint density at radius 3 is 2.65 bits per heavy atom. The van der Waals surface area contributed by atoms with E-state index in [1.807, 2.05) is 4.90 Å². The smallest absolute Gasteiger partial charge is 0.253 e. The molecule has 0 spiro atoms. The van der Waals surface area contributed by atoms with Crippen molar-refractivity contribution in [1.82, 2.24) is 9.62 Å². The molecule has 1 aliphatic rings. The second kappa shape index (κ2) is 7.90. The van der Waals surface area contributed by atoms with Crippen molar-refractivity contribution >= 4 is 15.9 Å². The lowest BCUT2D eigenvalue weighted by Gasteiger charge is -2.31. The number of benzene rings is 1. The van der Waals surface area contributed by atoms with Crippen molar-refractivity contribution in [3.63, 3.8) is 0 Å². The summed E-state index contributed by atoms with van der Waals surface area (Å²) in [4.78, 5) is 14.5. The number of carbonyl (C=O) groups is 1. The van der Waals surface area contributed by atoms with Gasteiger partial charge in [0.25, 0.3) is 5.91 Å². The average Bonchev–Trinajstić information content (AvgIpc) is 2.54. The first-order valence-corrected chi connectivity index (χ1v) is 9.30. The molecule has 2 rings (SSSR count). The van der Waals surface area contributed by atoms with Crippen molar-refractivity contribution in [2.45, 2.75) is 24.7 Å². The Balaban J connectivity index is 2.05. The van der Waals surface area contributed by atoms with Gasteiger partial charge in [0.1, 0.15) is 0 Å². The topological polar surface area (TPSA) is 75.7 Å². The molecule has 128 valence electrons. The number of hydrogen-bond acceptors (Lipinski definition) is 4. The maximum Gasteiger partial charge on any atom is 0.253 e. The quantitative estimate of drug-likeness (QED) is 0.796. The molecule has 1 aromatic rings. The molecular weight excluding hydrogens is 316 g/mol. The lowest BCUT2D eigenvalue weighted by atomic mass is 9.99. The summed E-state index contributed by atoms with van der Waals surface area (Å²) in [6.07, 6.45) is 2.16. The normalized spacial score (nSPS) is 18.9. The van der Waals surface area contributed by atoms with Crippen LogP contribution in [0.1, 0.15) is 30.1 Å². The Labute approximate surface area is 137 Å². The highest BCUT2D eigenvalue weighted by atomic mass is 32.2. The van der Waals surface area contributed by atoms with Gasteiger partial charge in [-0.05, 0) is 43.0 Å². The van der Waals surface area contributed by atoms with Gasteiger partial charge in [-0.15, -0.1) is 0 Å². The maximum absolute atomic E-state index is 12.5. The van der Waals surface area contributed by atoms with Crippen LogP contribution in [0.2, 0.25) is 0 Å². The number of ether oxygens (including phenoxy) is 1. The summed E-state index contributed by atoms with van der Waals surface area (Å²) in [6.45, 7) is 4.19. The van der Waals surface area contributed by atoms with Crippen LogP contribution in [0, 0.1) is 5.92 Å². The number of likely N-dealkylation sites (tertiary alicyclic amines) is 1. The molecule has 1 fully saturated rings. The third kappa shape index (κ3) is 4.76. The van der Waals surface area contributed by atoms with E-state index in [1.165, 1.54) is 19.2 Å². The molecule has 7 heteroatoms. The third-order valence-corrected chi connectivity index (χ3v) is 5.43. The maximum atomic E-state index is 12.5. The van der Waals surface area contributed by atoms with Gasteiger partial charge in [-0.1, -0.05) is 6.92 Å². The van der Waals surface area contributed by atoms with Crippen molar-refractivity contribution < 1.29 is 17.9 Å². The van der Waals surface area contributed by atoms with Crippen LogP contribution < -0.4 is 4.72 Å². The number of rotatable bonds is 6. The van der Waals surface area contributed by atoms with Crippen LogP contribution in [0.15, 0.2) is 29.2 Å². The van der Waals surface area contributed by atoms with Crippen LogP contribution in [0.3, 0.4) is 0 Å². The fourth-order valence-electron chi connectivity index (χ4n) is 2.69. The standard InChI is InChI=1S/C16H24N2O4S/c1-13-4-3-10-18(12-13)16(19)14-5-7-15(8-6-14)23(20,21)17-9-11-22-2/h5-8,13,17H,3-4,9-12H2,1-2H3/t13-/m0/s1. The van der Waals surface area contributed by atoms with Crippen molar-refractivity contribution in [3.05, 3.63) is 29.8 Å². The Morgan fingerprint density at radius 1 is 1.35 bits per heavy atom. The number of nitrogens with zero attached hydrogens (tertiary/aromatic N) is 1. The first-order valence-electron chi connectivity index (χ1n) is 7.82. The molecule has 0 unspecified atom stereocenters. The number of amides is 1. The van der Waals surface area contributed by atoms with E-state index in [1.54, 1.807) is 12.1 Å². The molecule has 1 saturated heterocycles. The summed E-state index contributed by atoms with van der Waals surface area (Å²) in [6, 6.07) is 6.09. The number of sulfonamides is 1. The van der Waals surface area contributed by atoms with Gasteiger partial charge in [0, 0.05) is 32.3 Å². The van der Waals surface area contributed by atoms with Crippen molar-refractivity contribution in [1.29, 1.82) is 0 Å². The van der Waals surface area contributed by atoms with E-state index >= 15 is 0 Å². The van der Waals surface area contributed by atoms with Crippen LogP contribution in [0.5, 0.6) is 0 Å². The molecule has 1 atom stereocenters. The van der Waals surface area contributed by atoms with Crippen molar-refractivity contribution in [2.75, 3.05) is 33.4 Å². The van der Waals surface area contributed by atoms with Gasteiger partial charge in [-0.25, -0.2) is 13.1 Å². The molecule has 1 aliphatic heterocycles. The molecule has 23 heavy (non-hydrogen) atoms. The summed E-state index contributed by atoms with van der Waals surface area (Å²) in [5, 5.41) is 0. The molecule has 1 aromatic carbocycles. The summed E-state index contributed by atoms with van der Waals surface area (Å²) in [5.41, 5.74) is 0.523. The average molecular weight is 340 g/mol. The number of carbonyl (C=O) groups excluding carboxylic acids is 1. The predicted molar refractivity (Wildman–Crippen MR) is 87.8 cm³/mol. The van der Waals surface area contributed by atoms with Crippen LogP contribution in [0.25, 0.3) is 0 Å². The van der Waals surface area contributed by atoms with E-state index in [0.29, 0.717) is 18.1 Å². The van der Waals surface area contributed by atoms with Gasteiger partial charge in [0.2, 0.25) is 10.0 Å². The molecular formula is C16H24N2O4S. The first-order chi connectivity index (χ1) is 10.9. The van der Waals surface area contributed by atoms with E-state index in [9.17, 15) is 13.2 Å². The monoisotopic (exact) mass is 340 g/mol. The van der Waals surface area contributed by atoms with E-state index in [2.05, 4.69) is 11.6 Å². The molecule has 1 heterocycles. The minimum absolute atomic E-state index is 0.0344. The van der Waals surface area contributed by atoms with Gasteiger partial charge < -0.3 is 9.64 Å². The van der Waals surface area contributed by atoms with Crippen LogP contribution in [-0.4, -0.2) is 52.6 Å². The van der Waals surface area contributed by atoms with Gasteiger partial charge in [0.05, 0.1) is 11.5 Å². The van der Waals surface area contributed by atoms with E-state index < -0.39 is 10.0 Å². The summed E-state index contributed by atoms with van der Waals surface area (Å²) >= 11 is 0. The molecule has 0 aromatic heterocycles. The lowest BCUT2D eigenvalue weighted by molar-refractivity contribution is 0.0683.